The van der Waals surface area contributed by atoms with Gasteiger partial charge in [-0.05, 0) is 18.1 Å². The molecule has 0 bridgehead atoms. The molecule has 2 atom stereocenters. The van der Waals surface area contributed by atoms with Crippen LogP contribution in [0.1, 0.15) is 30.6 Å². The van der Waals surface area contributed by atoms with Crippen LogP contribution in [-0.2, 0) is 20.7 Å². The number of aliphatic hydroxyl groups excluding tert-OH is 2. The van der Waals surface area contributed by atoms with E-state index in [1.807, 2.05) is 0 Å². The highest BCUT2D eigenvalue weighted by molar-refractivity contribution is 5.78. The van der Waals surface area contributed by atoms with Crippen LogP contribution in [0.15, 0.2) is 24.3 Å². The van der Waals surface area contributed by atoms with E-state index in [1.165, 1.54) is 14.0 Å². The van der Waals surface area contributed by atoms with Crippen LogP contribution in [0.3, 0.4) is 0 Å². The number of carbonyl (C=O) groups excluding carboxylic acids is 2. The fourth-order valence-electron chi connectivity index (χ4n) is 1.76. The predicted octanol–water partition coefficient (Wildman–Crippen LogP) is 0.776. The van der Waals surface area contributed by atoms with E-state index in [2.05, 4.69) is 4.74 Å². The SMILES string of the molecule is COC(=O)CC(O)C(O)c1cccc(CC(C)=O)c1. The summed E-state index contributed by atoms with van der Waals surface area (Å²) < 4.78 is 4.43. The van der Waals surface area contributed by atoms with Crippen molar-refractivity contribution >= 4 is 11.8 Å². The van der Waals surface area contributed by atoms with Crippen molar-refractivity contribution in [3.63, 3.8) is 0 Å². The van der Waals surface area contributed by atoms with Crippen molar-refractivity contribution in [3.05, 3.63) is 35.4 Å². The van der Waals surface area contributed by atoms with Gasteiger partial charge in [-0.15, -0.1) is 0 Å². The van der Waals surface area contributed by atoms with Gasteiger partial charge in [-0.2, -0.15) is 0 Å². The van der Waals surface area contributed by atoms with Crippen LogP contribution >= 0.6 is 0 Å². The molecular weight excluding hydrogens is 248 g/mol. The first-order valence-electron chi connectivity index (χ1n) is 5.95. The van der Waals surface area contributed by atoms with Crippen LogP contribution in [0.5, 0.6) is 0 Å². The molecule has 1 aromatic carbocycles. The first-order valence-corrected chi connectivity index (χ1v) is 5.95. The maximum atomic E-state index is 11.0. The molecule has 0 saturated carbocycles. The van der Waals surface area contributed by atoms with Crippen LogP contribution in [0.4, 0.5) is 0 Å². The molecule has 0 radical (unpaired) electrons. The molecule has 2 N–H and O–H groups in total. The number of carbonyl (C=O) groups is 2. The summed E-state index contributed by atoms with van der Waals surface area (Å²) in [5, 5.41) is 19.7. The monoisotopic (exact) mass is 266 g/mol. The first-order chi connectivity index (χ1) is 8.93. The Bertz CT molecular complexity index is 455. The Morgan fingerprint density at radius 3 is 2.58 bits per heavy atom. The molecule has 0 saturated heterocycles. The molecule has 104 valence electrons. The highest BCUT2D eigenvalue weighted by atomic mass is 16.5. The van der Waals surface area contributed by atoms with Crippen molar-refractivity contribution in [1.82, 2.24) is 0 Å². The van der Waals surface area contributed by atoms with Crippen molar-refractivity contribution < 1.29 is 24.5 Å². The average molecular weight is 266 g/mol. The summed E-state index contributed by atoms with van der Waals surface area (Å²) >= 11 is 0. The van der Waals surface area contributed by atoms with Gasteiger partial charge in [0.05, 0.1) is 19.6 Å². The van der Waals surface area contributed by atoms with E-state index in [9.17, 15) is 19.8 Å². The Hall–Kier alpha value is -1.72. The maximum absolute atomic E-state index is 11.0. The van der Waals surface area contributed by atoms with Gasteiger partial charge < -0.3 is 14.9 Å². The van der Waals surface area contributed by atoms with Crippen molar-refractivity contribution in [1.29, 1.82) is 0 Å². The van der Waals surface area contributed by atoms with Gasteiger partial charge in [0, 0.05) is 6.42 Å². The van der Waals surface area contributed by atoms with Gasteiger partial charge in [0.1, 0.15) is 11.9 Å². The molecule has 1 rings (SSSR count). The number of hydrogen-bond acceptors (Lipinski definition) is 5. The second-order valence-electron chi connectivity index (χ2n) is 4.42. The number of esters is 1. The van der Waals surface area contributed by atoms with E-state index in [1.54, 1.807) is 24.3 Å². The third-order valence-corrected chi connectivity index (χ3v) is 2.71. The first kappa shape index (κ1) is 15.3. The van der Waals surface area contributed by atoms with Crippen molar-refractivity contribution in [2.24, 2.45) is 0 Å². The summed E-state index contributed by atoms with van der Waals surface area (Å²) in [7, 11) is 1.22. The number of rotatable bonds is 6. The molecule has 2 unspecified atom stereocenters. The summed E-state index contributed by atoms with van der Waals surface area (Å²) in [5.41, 5.74) is 1.23. The van der Waals surface area contributed by atoms with Gasteiger partial charge >= 0.3 is 5.97 Å². The Morgan fingerprint density at radius 2 is 2.00 bits per heavy atom. The number of methoxy groups -OCH3 is 1. The van der Waals surface area contributed by atoms with Gasteiger partial charge in [-0.3, -0.25) is 9.59 Å². The fraction of sp³-hybridized carbons (Fsp3) is 0.429. The third-order valence-electron chi connectivity index (χ3n) is 2.71. The Kier molecular flexibility index (Phi) is 5.66. The summed E-state index contributed by atoms with van der Waals surface area (Å²) in [6.45, 7) is 1.48. The van der Waals surface area contributed by atoms with E-state index < -0.39 is 18.2 Å². The molecule has 0 aliphatic rings. The average Bonchev–Trinajstić information content (AvgIpc) is 2.37. The van der Waals surface area contributed by atoms with Gasteiger partial charge in [-0.25, -0.2) is 0 Å². The molecule has 0 aliphatic heterocycles. The molecule has 0 heterocycles. The zero-order valence-corrected chi connectivity index (χ0v) is 11.0. The van der Waals surface area contributed by atoms with E-state index in [0.29, 0.717) is 5.56 Å². The highest BCUT2D eigenvalue weighted by Crippen LogP contribution is 2.20. The number of benzene rings is 1. The van der Waals surface area contributed by atoms with Gasteiger partial charge in [0.25, 0.3) is 0 Å². The maximum Gasteiger partial charge on any atom is 0.308 e. The zero-order valence-electron chi connectivity index (χ0n) is 11.0. The Balaban J connectivity index is 2.78. The van der Waals surface area contributed by atoms with E-state index in [-0.39, 0.29) is 18.6 Å². The number of aliphatic hydroxyl groups is 2. The quantitative estimate of drug-likeness (QED) is 0.743. The Morgan fingerprint density at radius 1 is 1.32 bits per heavy atom. The molecule has 1 aromatic rings. The number of ketones is 1. The molecule has 5 heteroatoms. The lowest BCUT2D eigenvalue weighted by Crippen LogP contribution is -2.22. The molecule has 0 aliphatic carbocycles. The minimum Gasteiger partial charge on any atom is -0.469 e. The van der Waals surface area contributed by atoms with E-state index in [0.717, 1.165) is 5.56 Å². The molecule has 0 aromatic heterocycles. The Labute approximate surface area is 111 Å². The molecule has 5 nitrogen and oxygen atoms in total. The lowest BCUT2D eigenvalue weighted by molar-refractivity contribution is -0.144. The van der Waals surface area contributed by atoms with Crippen LogP contribution in [0.25, 0.3) is 0 Å². The second-order valence-corrected chi connectivity index (χ2v) is 4.42. The fourth-order valence-corrected chi connectivity index (χ4v) is 1.76. The topological polar surface area (TPSA) is 83.8 Å². The van der Waals surface area contributed by atoms with Crippen LogP contribution in [0, 0.1) is 0 Å². The normalized spacial score (nSPS) is 13.7. The highest BCUT2D eigenvalue weighted by Gasteiger charge is 2.22. The zero-order chi connectivity index (χ0) is 14.4. The molecule has 0 spiro atoms. The van der Waals surface area contributed by atoms with Gasteiger partial charge in [0.15, 0.2) is 0 Å². The summed E-state index contributed by atoms with van der Waals surface area (Å²) in [6.07, 6.45) is -2.44. The summed E-state index contributed by atoms with van der Waals surface area (Å²) in [4.78, 5) is 22.1. The van der Waals surface area contributed by atoms with E-state index >= 15 is 0 Å². The smallest absolute Gasteiger partial charge is 0.308 e. The number of Topliss-reactive ketones (excluding diaryl/α,β-unsaturated/α-hetero) is 1. The van der Waals surface area contributed by atoms with Crippen molar-refractivity contribution in [2.45, 2.75) is 32.0 Å². The second kappa shape index (κ2) is 7.01. The summed E-state index contributed by atoms with van der Waals surface area (Å²) in [5.74, 6) is -0.576. The minimum absolute atomic E-state index is 0.0155. The number of ether oxygens (including phenoxy) is 1. The minimum atomic E-state index is -1.24. The van der Waals surface area contributed by atoms with Gasteiger partial charge in [-0.1, -0.05) is 24.3 Å². The molecular formula is C14H18O5. The lowest BCUT2D eigenvalue weighted by atomic mass is 9.98. The summed E-state index contributed by atoms with van der Waals surface area (Å²) in [6, 6.07) is 6.74. The van der Waals surface area contributed by atoms with Crippen molar-refractivity contribution in [3.8, 4) is 0 Å². The number of hydrogen-bond donors (Lipinski definition) is 2. The lowest BCUT2D eigenvalue weighted by Gasteiger charge is -2.17. The molecule has 0 fully saturated rings. The predicted molar refractivity (Wildman–Crippen MR) is 68.4 cm³/mol. The van der Waals surface area contributed by atoms with Crippen LogP contribution < -0.4 is 0 Å². The standard InChI is InChI=1S/C14H18O5/c1-9(15)6-10-4-3-5-11(7-10)14(18)12(16)8-13(17)19-2/h3-5,7,12,14,16,18H,6,8H2,1-2H3. The van der Waals surface area contributed by atoms with Crippen LogP contribution in [0.2, 0.25) is 0 Å². The molecule has 0 amide bonds. The van der Waals surface area contributed by atoms with Crippen molar-refractivity contribution in [2.75, 3.05) is 7.11 Å². The largest absolute Gasteiger partial charge is 0.469 e. The van der Waals surface area contributed by atoms with Gasteiger partial charge in [0.2, 0.25) is 0 Å². The molecule has 19 heavy (non-hydrogen) atoms. The van der Waals surface area contributed by atoms with E-state index in [4.69, 9.17) is 0 Å². The van der Waals surface area contributed by atoms with Crippen LogP contribution in [-0.4, -0.2) is 35.2 Å². The third kappa shape index (κ3) is 4.81.